The van der Waals surface area contributed by atoms with E-state index in [4.69, 9.17) is 4.74 Å². The molecular formula is C28H30N2O5. The Hall–Kier alpha value is -3.48. The second-order valence-electron chi connectivity index (χ2n) is 9.86. The van der Waals surface area contributed by atoms with Gasteiger partial charge in [-0.3, -0.25) is 24.1 Å². The number of hydrogen-bond acceptors (Lipinski definition) is 5. The first-order valence-electron chi connectivity index (χ1n) is 12.3. The lowest BCUT2D eigenvalue weighted by Crippen LogP contribution is -2.46. The lowest BCUT2D eigenvalue weighted by atomic mass is 9.75. The molecule has 35 heavy (non-hydrogen) atoms. The van der Waals surface area contributed by atoms with E-state index in [1.54, 1.807) is 4.90 Å². The van der Waals surface area contributed by atoms with Crippen molar-refractivity contribution < 1.29 is 23.9 Å². The molecule has 1 saturated carbocycles. The molecule has 0 unspecified atom stereocenters. The summed E-state index contributed by atoms with van der Waals surface area (Å²) in [5, 5.41) is 0. The van der Waals surface area contributed by atoms with Crippen molar-refractivity contribution in [1.82, 2.24) is 9.80 Å². The van der Waals surface area contributed by atoms with Gasteiger partial charge in [0, 0.05) is 32.0 Å². The third kappa shape index (κ3) is 4.35. The molecule has 2 aliphatic heterocycles. The summed E-state index contributed by atoms with van der Waals surface area (Å²) in [6.07, 6.45) is 2.70. The number of piperidine rings is 1. The minimum absolute atomic E-state index is 0.0113. The normalized spacial score (nSPS) is 23.0. The fourth-order valence-electron chi connectivity index (χ4n) is 5.44. The van der Waals surface area contributed by atoms with Crippen molar-refractivity contribution in [3.63, 3.8) is 0 Å². The summed E-state index contributed by atoms with van der Waals surface area (Å²) in [6, 6.07) is 17.6. The Morgan fingerprint density at radius 3 is 2.14 bits per heavy atom. The van der Waals surface area contributed by atoms with Crippen molar-refractivity contribution in [2.24, 2.45) is 5.92 Å². The van der Waals surface area contributed by atoms with Crippen molar-refractivity contribution in [1.29, 1.82) is 0 Å². The van der Waals surface area contributed by atoms with Crippen LogP contribution in [0.15, 0.2) is 54.6 Å². The number of rotatable bonds is 6. The summed E-state index contributed by atoms with van der Waals surface area (Å²) in [6.45, 7) is 0.881. The van der Waals surface area contributed by atoms with Gasteiger partial charge in [-0.15, -0.1) is 0 Å². The van der Waals surface area contributed by atoms with E-state index in [1.165, 1.54) is 12.0 Å². The van der Waals surface area contributed by atoms with Gasteiger partial charge in [-0.25, -0.2) is 0 Å². The molecule has 2 heterocycles. The molecule has 0 bridgehead atoms. The third-order valence-electron chi connectivity index (χ3n) is 7.64. The molecule has 2 aromatic carbocycles. The lowest BCUT2D eigenvalue weighted by Gasteiger charge is -2.34. The highest BCUT2D eigenvalue weighted by Gasteiger charge is 2.57. The summed E-state index contributed by atoms with van der Waals surface area (Å²) < 4.78 is 4.84. The van der Waals surface area contributed by atoms with E-state index in [2.05, 4.69) is 0 Å². The van der Waals surface area contributed by atoms with Crippen LogP contribution in [0.3, 0.4) is 0 Å². The number of amides is 3. The van der Waals surface area contributed by atoms with E-state index in [0.717, 1.165) is 24.0 Å². The monoisotopic (exact) mass is 474 g/mol. The number of benzene rings is 2. The highest BCUT2D eigenvalue weighted by molar-refractivity contribution is 6.11. The summed E-state index contributed by atoms with van der Waals surface area (Å²) in [7, 11) is 1.38. The highest BCUT2D eigenvalue weighted by atomic mass is 16.5. The van der Waals surface area contributed by atoms with Crippen LogP contribution in [0.1, 0.15) is 44.1 Å². The molecule has 0 aromatic heterocycles. The fourth-order valence-corrected chi connectivity index (χ4v) is 5.44. The van der Waals surface area contributed by atoms with E-state index in [9.17, 15) is 19.2 Å². The number of hydrogen-bond donors (Lipinski definition) is 0. The average molecular weight is 475 g/mol. The second-order valence-corrected chi connectivity index (χ2v) is 9.86. The summed E-state index contributed by atoms with van der Waals surface area (Å²) in [5.74, 6) is -1.05. The van der Waals surface area contributed by atoms with Gasteiger partial charge in [0.2, 0.25) is 17.7 Å². The van der Waals surface area contributed by atoms with Crippen LogP contribution in [0, 0.1) is 5.92 Å². The molecule has 0 radical (unpaired) electrons. The van der Waals surface area contributed by atoms with Gasteiger partial charge in [-0.1, -0.05) is 54.6 Å². The summed E-state index contributed by atoms with van der Waals surface area (Å²) in [5.41, 5.74) is 1.59. The maximum absolute atomic E-state index is 13.7. The first-order chi connectivity index (χ1) is 16.9. The number of nitrogens with zero attached hydrogens (tertiary/aromatic N) is 2. The first-order valence-corrected chi connectivity index (χ1v) is 12.3. The van der Waals surface area contributed by atoms with E-state index < -0.39 is 5.41 Å². The van der Waals surface area contributed by atoms with E-state index >= 15 is 0 Å². The van der Waals surface area contributed by atoms with Crippen molar-refractivity contribution in [3.8, 4) is 11.1 Å². The Labute approximate surface area is 205 Å². The molecular weight excluding hydrogens is 444 g/mol. The lowest BCUT2D eigenvalue weighted by molar-refractivity contribution is -0.149. The van der Waals surface area contributed by atoms with Crippen LogP contribution in [0.4, 0.5) is 0 Å². The van der Waals surface area contributed by atoms with Gasteiger partial charge in [0.25, 0.3) is 0 Å². The maximum atomic E-state index is 13.7. The van der Waals surface area contributed by atoms with Gasteiger partial charge >= 0.3 is 5.97 Å². The standard InChI is InChI=1S/C28H30N2O5/c1-35-26(33)21-13-15-29(16-14-21)24(31)17-28(18-25(32)30(27(28)34)23-11-12-23)22-9-7-20(8-10-22)19-5-3-2-4-6-19/h2-10,21,23H,11-18H2,1H3/t28-/m0/s1. The fraction of sp³-hybridized carbons (Fsp3) is 0.429. The zero-order valence-corrected chi connectivity index (χ0v) is 19.9. The number of carbonyl (C=O) groups excluding carboxylic acids is 4. The van der Waals surface area contributed by atoms with Crippen LogP contribution in [0.5, 0.6) is 0 Å². The van der Waals surface area contributed by atoms with Gasteiger partial charge in [0.1, 0.15) is 0 Å². The second kappa shape index (κ2) is 9.29. The molecule has 182 valence electrons. The minimum Gasteiger partial charge on any atom is -0.469 e. The zero-order chi connectivity index (χ0) is 24.6. The van der Waals surface area contributed by atoms with Gasteiger partial charge in [0.05, 0.1) is 18.4 Å². The van der Waals surface area contributed by atoms with Gasteiger partial charge in [0.15, 0.2) is 0 Å². The number of carbonyl (C=O) groups is 4. The van der Waals surface area contributed by atoms with Crippen molar-refractivity contribution in [2.75, 3.05) is 20.2 Å². The third-order valence-corrected chi connectivity index (χ3v) is 7.64. The number of methoxy groups -OCH3 is 1. The van der Waals surface area contributed by atoms with Crippen LogP contribution < -0.4 is 0 Å². The van der Waals surface area contributed by atoms with Gasteiger partial charge in [-0.2, -0.15) is 0 Å². The number of imide groups is 1. The number of esters is 1. The molecule has 5 rings (SSSR count). The van der Waals surface area contributed by atoms with Crippen LogP contribution in [0.2, 0.25) is 0 Å². The Kier molecular flexibility index (Phi) is 6.17. The maximum Gasteiger partial charge on any atom is 0.308 e. The van der Waals surface area contributed by atoms with Gasteiger partial charge < -0.3 is 9.64 Å². The molecule has 2 saturated heterocycles. The highest BCUT2D eigenvalue weighted by Crippen LogP contribution is 2.45. The Morgan fingerprint density at radius 2 is 1.54 bits per heavy atom. The molecule has 1 aliphatic carbocycles. The predicted molar refractivity (Wildman–Crippen MR) is 129 cm³/mol. The van der Waals surface area contributed by atoms with Crippen molar-refractivity contribution >= 4 is 23.7 Å². The average Bonchev–Trinajstić information content (AvgIpc) is 3.69. The molecule has 0 N–H and O–H groups in total. The smallest absolute Gasteiger partial charge is 0.308 e. The van der Waals surface area contributed by atoms with E-state index in [0.29, 0.717) is 31.5 Å². The van der Waals surface area contributed by atoms with Crippen LogP contribution >= 0.6 is 0 Å². The van der Waals surface area contributed by atoms with Crippen LogP contribution in [0.25, 0.3) is 11.1 Å². The van der Waals surface area contributed by atoms with E-state index in [1.807, 2.05) is 54.6 Å². The minimum atomic E-state index is -1.19. The molecule has 0 spiro atoms. The first kappa shape index (κ1) is 23.3. The number of ether oxygens (including phenoxy) is 1. The van der Waals surface area contributed by atoms with Gasteiger partial charge in [-0.05, 0) is 42.4 Å². The molecule has 3 fully saturated rings. The molecule has 3 aliphatic rings. The Bertz CT molecular complexity index is 1130. The molecule has 1 atom stereocenters. The number of likely N-dealkylation sites (tertiary alicyclic amines) is 2. The van der Waals surface area contributed by atoms with E-state index in [-0.39, 0.29) is 48.5 Å². The summed E-state index contributed by atoms with van der Waals surface area (Å²) >= 11 is 0. The quantitative estimate of drug-likeness (QED) is 0.474. The topological polar surface area (TPSA) is 84.0 Å². The Balaban J connectivity index is 1.41. The largest absolute Gasteiger partial charge is 0.469 e. The predicted octanol–water partition coefficient (Wildman–Crippen LogP) is 3.31. The zero-order valence-electron chi connectivity index (χ0n) is 19.9. The molecule has 3 amide bonds. The summed E-state index contributed by atoms with van der Waals surface area (Å²) in [4.78, 5) is 55.2. The molecule has 2 aromatic rings. The van der Waals surface area contributed by atoms with Crippen molar-refractivity contribution in [3.05, 3.63) is 60.2 Å². The molecule has 7 heteroatoms. The SMILES string of the molecule is COC(=O)C1CCN(C(=O)C[C@@]2(c3ccc(-c4ccccc4)cc3)CC(=O)N(C3CC3)C2=O)CC1. The van der Waals surface area contributed by atoms with Crippen LogP contribution in [-0.4, -0.2) is 59.7 Å². The van der Waals surface area contributed by atoms with Crippen molar-refractivity contribution in [2.45, 2.75) is 50.0 Å². The molecule has 7 nitrogen and oxygen atoms in total. The Morgan fingerprint density at radius 1 is 0.914 bits per heavy atom. The van der Waals surface area contributed by atoms with Crippen LogP contribution in [-0.2, 0) is 29.3 Å².